The Morgan fingerprint density at radius 3 is 2.72 bits per heavy atom. The average Bonchev–Trinajstić information content (AvgIpc) is 2.92. The van der Waals surface area contributed by atoms with Gasteiger partial charge in [0.05, 0.1) is 0 Å². The van der Waals surface area contributed by atoms with Crippen LogP contribution < -0.4 is 5.32 Å². The van der Waals surface area contributed by atoms with Crippen molar-refractivity contribution in [2.24, 2.45) is 0 Å². The molecule has 0 saturated heterocycles. The summed E-state index contributed by atoms with van der Waals surface area (Å²) in [6, 6.07) is 7.70. The number of rotatable bonds is 5. The molecule has 2 N–H and O–H groups in total. The Balaban J connectivity index is 1.83. The number of aromatic nitrogens is 2. The summed E-state index contributed by atoms with van der Waals surface area (Å²) in [5.41, 5.74) is 1.94. The van der Waals surface area contributed by atoms with Gasteiger partial charge in [-0.1, -0.05) is 19.1 Å². The van der Waals surface area contributed by atoms with Crippen molar-refractivity contribution in [3.05, 3.63) is 53.6 Å². The predicted octanol–water partition coefficient (Wildman–Crippen LogP) is 1.94. The molecule has 4 heteroatoms. The van der Waals surface area contributed by atoms with Gasteiger partial charge in [-0.15, -0.1) is 0 Å². The van der Waals surface area contributed by atoms with Crippen molar-refractivity contribution in [2.45, 2.75) is 19.8 Å². The van der Waals surface area contributed by atoms with E-state index < -0.39 is 0 Å². The Hall–Kier alpha value is -2.10. The number of benzene rings is 1. The lowest BCUT2D eigenvalue weighted by Crippen LogP contribution is -2.25. The van der Waals surface area contributed by atoms with Gasteiger partial charge < -0.3 is 10.3 Å². The molecule has 2 rings (SSSR count). The fourth-order valence-corrected chi connectivity index (χ4v) is 1.72. The second kappa shape index (κ2) is 6.00. The summed E-state index contributed by atoms with van der Waals surface area (Å²) in [5, 5.41) is 2.88. The van der Waals surface area contributed by atoms with Crippen LogP contribution in [0.2, 0.25) is 0 Å². The number of aryl methyl sites for hydroxylation is 1. The van der Waals surface area contributed by atoms with Crippen molar-refractivity contribution in [1.29, 1.82) is 0 Å². The van der Waals surface area contributed by atoms with Gasteiger partial charge in [-0.3, -0.25) is 4.79 Å². The first-order chi connectivity index (χ1) is 8.79. The minimum Gasteiger partial charge on any atom is -0.352 e. The average molecular weight is 243 g/mol. The number of nitrogens with zero attached hydrogens (tertiary/aromatic N) is 1. The van der Waals surface area contributed by atoms with E-state index in [0.29, 0.717) is 18.5 Å². The maximum Gasteiger partial charge on any atom is 0.251 e. The molecule has 1 aromatic heterocycles. The van der Waals surface area contributed by atoms with Crippen molar-refractivity contribution in [1.82, 2.24) is 15.3 Å². The standard InChI is InChI=1S/C14H17N3O/c1-2-11-3-5-12(6-4-11)14(18)17-8-7-13-15-9-10-16-13/h3-6,9-10H,2,7-8H2,1H3,(H,15,16)(H,17,18). The molecule has 94 valence electrons. The Labute approximate surface area is 106 Å². The van der Waals surface area contributed by atoms with Crippen molar-refractivity contribution in [3.63, 3.8) is 0 Å². The van der Waals surface area contributed by atoms with E-state index in [0.717, 1.165) is 12.2 Å². The number of carbonyl (C=O) groups is 1. The minimum atomic E-state index is -0.0378. The van der Waals surface area contributed by atoms with Gasteiger partial charge in [0.2, 0.25) is 0 Å². The molecule has 1 amide bonds. The molecule has 1 heterocycles. The van der Waals surface area contributed by atoms with Gasteiger partial charge in [0.25, 0.3) is 5.91 Å². The molecule has 0 radical (unpaired) electrons. The monoisotopic (exact) mass is 243 g/mol. The van der Waals surface area contributed by atoms with E-state index in [9.17, 15) is 4.79 Å². The number of nitrogens with one attached hydrogen (secondary N) is 2. The molecule has 0 saturated carbocycles. The number of hydrogen-bond acceptors (Lipinski definition) is 2. The van der Waals surface area contributed by atoms with Crippen LogP contribution in [-0.4, -0.2) is 22.4 Å². The molecule has 1 aromatic carbocycles. The van der Waals surface area contributed by atoms with E-state index in [-0.39, 0.29) is 5.91 Å². The highest BCUT2D eigenvalue weighted by atomic mass is 16.1. The largest absolute Gasteiger partial charge is 0.352 e. The zero-order chi connectivity index (χ0) is 12.8. The lowest BCUT2D eigenvalue weighted by molar-refractivity contribution is 0.0954. The summed E-state index contributed by atoms with van der Waals surface area (Å²) in [6.45, 7) is 2.68. The summed E-state index contributed by atoms with van der Waals surface area (Å²) < 4.78 is 0. The summed E-state index contributed by atoms with van der Waals surface area (Å²) >= 11 is 0. The Morgan fingerprint density at radius 2 is 2.11 bits per heavy atom. The fraction of sp³-hybridized carbons (Fsp3) is 0.286. The van der Waals surface area contributed by atoms with E-state index in [2.05, 4.69) is 22.2 Å². The van der Waals surface area contributed by atoms with Gasteiger partial charge in [0.15, 0.2) is 0 Å². The molecule has 0 fully saturated rings. The first-order valence-electron chi connectivity index (χ1n) is 6.15. The van der Waals surface area contributed by atoms with E-state index in [1.807, 2.05) is 24.3 Å². The van der Waals surface area contributed by atoms with Crippen LogP contribution in [-0.2, 0) is 12.8 Å². The Morgan fingerprint density at radius 1 is 1.33 bits per heavy atom. The summed E-state index contributed by atoms with van der Waals surface area (Å²) in [4.78, 5) is 18.9. The van der Waals surface area contributed by atoms with Gasteiger partial charge in [-0.25, -0.2) is 4.98 Å². The number of amides is 1. The van der Waals surface area contributed by atoms with Gasteiger partial charge in [0, 0.05) is 30.9 Å². The summed E-state index contributed by atoms with van der Waals surface area (Å²) in [7, 11) is 0. The van der Waals surface area contributed by atoms with Crippen LogP contribution in [0.1, 0.15) is 28.7 Å². The van der Waals surface area contributed by atoms with Gasteiger partial charge in [-0.2, -0.15) is 0 Å². The van der Waals surface area contributed by atoms with Gasteiger partial charge in [0.1, 0.15) is 5.82 Å². The lowest BCUT2D eigenvalue weighted by Gasteiger charge is -2.04. The molecular formula is C14H17N3O. The Kier molecular flexibility index (Phi) is 4.12. The van der Waals surface area contributed by atoms with Crippen LogP contribution in [0.5, 0.6) is 0 Å². The van der Waals surface area contributed by atoms with E-state index in [1.54, 1.807) is 12.4 Å². The maximum absolute atomic E-state index is 11.8. The van der Waals surface area contributed by atoms with Gasteiger partial charge in [-0.05, 0) is 24.1 Å². The smallest absolute Gasteiger partial charge is 0.251 e. The van der Waals surface area contributed by atoms with Crippen LogP contribution in [0.3, 0.4) is 0 Å². The van der Waals surface area contributed by atoms with Crippen LogP contribution in [0.15, 0.2) is 36.7 Å². The van der Waals surface area contributed by atoms with Crippen LogP contribution in [0.25, 0.3) is 0 Å². The zero-order valence-electron chi connectivity index (χ0n) is 10.4. The molecule has 4 nitrogen and oxygen atoms in total. The number of carbonyl (C=O) groups excluding carboxylic acids is 1. The van der Waals surface area contributed by atoms with Crippen molar-refractivity contribution in [3.8, 4) is 0 Å². The summed E-state index contributed by atoms with van der Waals surface area (Å²) in [5.74, 6) is 0.848. The highest BCUT2D eigenvalue weighted by Crippen LogP contribution is 2.04. The highest BCUT2D eigenvalue weighted by Gasteiger charge is 2.04. The third kappa shape index (κ3) is 3.20. The second-order valence-corrected chi connectivity index (χ2v) is 4.09. The molecular weight excluding hydrogens is 226 g/mol. The third-order valence-electron chi connectivity index (χ3n) is 2.83. The molecule has 0 atom stereocenters. The quantitative estimate of drug-likeness (QED) is 0.843. The number of H-pyrrole nitrogens is 1. The van der Waals surface area contributed by atoms with Crippen LogP contribution in [0, 0.1) is 0 Å². The number of imidazole rings is 1. The minimum absolute atomic E-state index is 0.0378. The normalized spacial score (nSPS) is 10.3. The predicted molar refractivity (Wildman–Crippen MR) is 70.4 cm³/mol. The second-order valence-electron chi connectivity index (χ2n) is 4.09. The van der Waals surface area contributed by atoms with E-state index >= 15 is 0 Å². The van der Waals surface area contributed by atoms with Crippen LogP contribution in [0.4, 0.5) is 0 Å². The molecule has 0 bridgehead atoms. The lowest BCUT2D eigenvalue weighted by atomic mass is 10.1. The molecule has 18 heavy (non-hydrogen) atoms. The molecule has 2 aromatic rings. The SMILES string of the molecule is CCc1ccc(C(=O)NCCc2ncc[nH]2)cc1. The van der Waals surface area contributed by atoms with Crippen molar-refractivity contribution in [2.75, 3.05) is 6.54 Å². The maximum atomic E-state index is 11.8. The third-order valence-corrected chi connectivity index (χ3v) is 2.83. The molecule has 0 aliphatic carbocycles. The molecule has 0 unspecified atom stereocenters. The number of hydrogen-bond donors (Lipinski definition) is 2. The van der Waals surface area contributed by atoms with E-state index in [1.165, 1.54) is 5.56 Å². The van der Waals surface area contributed by atoms with Crippen molar-refractivity contribution < 1.29 is 4.79 Å². The highest BCUT2D eigenvalue weighted by molar-refractivity contribution is 5.94. The van der Waals surface area contributed by atoms with Crippen LogP contribution >= 0.6 is 0 Å². The fourth-order valence-electron chi connectivity index (χ4n) is 1.72. The Bertz CT molecular complexity index is 488. The molecule has 0 aliphatic rings. The summed E-state index contributed by atoms with van der Waals surface area (Å²) in [6.07, 6.45) is 5.19. The topological polar surface area (TPSA) is 57.8 Å². The van der Waals surface area contributed by atoms with Gasteiger partial charge >= 0.3 is 0 Å². The first kappa shape index (κ1) is 12.4. The zero-order valence-corrected chi connectivity index (χ0v) is 10.4. The molecule has 0 spiro atoms. The number of aromatic amines is 1. The molecule has 0 aliphatic heterocycles. The van der Waals surface area contributed by atoms with E-state index in [4.69, 9.17) is 0 Å². The van der Waals surface area contributed by atoms with Crippen molar-refractivity contribution >= 4 is 5.91 Å². The first-order valence-corrected chi connectivity index (χ1v) is 6.15.